The van der Waals surface area contributed by atoms with E-state index in [1.54, 1.807) is 11.5 Å². The van der Waals surface area contributed by atoms with E-state index in [9.17, 15) is 0 Å². The molecule has 0 spiro atoms. The predicted molar refractivity (Wildman–Crippen MR) is 209 cm³/mol. The lowest BCUT2D eigenvalue weighted by molar-refractivity contribution is 0.321. The molecule has 3 aromatic heterocycles. The average Bonchev–Trinajstić information content (AvgIpc) is 3.78. The van der Waals surface area contributed by atoms with Gasteiger partial charge in [0.15, 0.2) is 0 Å². The van der Waals surface area contributed by atoms with Crippen molar-refractivity contribution in [3.63, 3.8) is 0 Å². The van der Waals surface area contributed by atoms with Gasteiger partial charge in [0, 0.05) is 42.1 Å². The van der Waals surface area contributed by atoms with E-state index in [1.807, 2.05) is 12.1 Å². The van der Waals surface area contributed by atoms with Crippen molar-refractivity contribution >= 4 is 169 Å². The summed E-state index contributed by atoms with van der Waals surface area (Å²) in [6.07, 6.45) is 6.95. The van der Waals surface area contributed by atoms with Crippen molar-refractivity contribution in [3.8, 4) is 0 Å². The van der Waals surface area contributed by atoms with Crippen molar-refractivity contribution in [1.29, 1.82) is 0 Å². The second-order valence-corrected chi connectivity index (χ2v) is 20.4. The van der Waals surface area contributed by atoms with Crippen molar-refractivity contribution in [2.24, 2.45) is 0 Å². The Hall–Kier alpha value is 1.96. The Morgan fingerprint density at radius 1 is 0.738 bits per heavy atom. The van der Waals surface area contributed by atoms with Crippen LogP contribution in [0.15, 0.2) is 21.1 Å². The van der Waals surface area contributed by atoms with Crippen molar-refractivity contribution in [1.82, 2.24) is 33.7 Å². The summed E-state index contributed by atoms with van der Waals surface area (Å²) in [7, 11) is 0. The first-order chi connectivity index (χ1) is 20.0. The number of hydrogen-bond acceptors (Lipinski definition) is 10. The summed E-state index contributed by atoms with van der Waals surface area (Å²) in [5.41, 5.74) is 3.15. The highest BCUT2D eigenvalue weighted by molar-refractivity contribution is 9.93. The number of fused-ring (bicyclic) bond motifs is 3. The Kier molecular flexibility index (Phi) is 19.5. The molecule has 3 heterocycles. The first-order valence-corrected chi connectivity index (χ1v) is 23.6. The predicted octanol–water partition coefficient (Wildman–Crippen LogP) is 11.9. The van der Waals surface area contributed by atoms with Crippen LogP contribution in [-0.4, -0.2) is 53.3 Å². The van der Waals surface area contributed by atoms with Crippen LogP contribution >= 0.6 is 158 Å². The standard InChI is InChI=1S/C6H4Br4N2S.C6H2Br2N2S.C6H8N2S.C6H15N.Br2/c7-5(8)1-2-6(9,10)4-3(5)11-12-13-4;7-3-1-2-4(8)6-5(3)9-10-11-6;1-2-4-6-5(3-1)7-8-9-6;1-4-7(5-2)6-3;1-2/h1-2H2;1-2H;1-4H2;4-6H2,1-3H3;. The molecule has 234 valence electrons. The third-order valence-electron chi connectivity index (χ3n) is 6.27. The summed E-state index contributed by atoms with van der Waals surface area (Å²) in [6, 6.07) is 3.93. The second kappa shape index (κ2) is 20.4. The zero-order valence-corrected chi connectivity index (χ0v) is 38.0. The maximum atomic E-state index is 4.12. The number of aryl methyl sites for hydroxylation is 2. The van der Waals surface area contributed by atoms with Crippen LogP contribution in [0.2, 0.25) is 0 Å². The fourth-order valence-electron chi connectivity index (χ4n) is 3.88. The molecule has 1 aromatic carbocycles. The summed E-state index contributed by atoms with van der Waals surface area (Å²) < 4.78 is 14.5. The van der Waals surface area contributed by atoms with Gasteiger partial charge in [0.05, 0.1) is 15.3 Å². The van der Waals surface area contributed by atoms with Gasteiger partial charge in [0.25, 0.3) is 0 Å². The molecule has 4 aromatic rings. The molecule has 2 aliphatic rings. The number of nitrogens with zero attached hydrogens (tertiary/aromatic N) is 7. The zero-order valence-electron chi connectivity index (χ0n) is 22.9. The van der Waals surface area contributed by atoms with E-state index in [2.05, 4.69) is 178 Å². The van der Waals surface area contributed by atoms with Crippen LogP contribution < -0.4 is 0 Å². The van der Waals surface area contributed by atoms with Crippen molar-refractivity contribution in [2.75, 3.05) is 19.6 Å². The van der Waals surface area contributed by atoms with Crippen LogP contribution in [-0.2, 0) is 19.3 Å². The molecule has 0 saturated carbocycles. The van der Waals surface area contributed by atoms with Gasteiger partial charge >= 0.3 is 0 Å². The van der Waals surface area contributed by atoms with Gasteiger partial charge in [-0.3, -0.25) is 0 Å². The van der Waals surface area contributed by atoms with Crippen molar-refractivity contribution in [3.05, 3.63) is 42.2 Å². The molecule has 7 nitrogen and oxygen atoms in total. The highest BCUT2D eigenvalue weighted by atomic mass is 80.9. The lowest BCUT2D eigenvalue weighted by atomic mass is 10.0. The molecular formula is C24H29Br8N7S3. The Balaban J connectivity index is 0.000000196. The molecule has 0 bridgehead atoms. The number of hydrogen-bond donors (Lipinski definition) is 0. The van der Waals surface area contributed by atoms with Crippen LogP contribution in [0.5, 0.6) is 0 Å². The number of alkyl halides is 4. The third kappa shape index (κ3) is 11.9. The average molecular weight is 1150 g/mol. The summed E-state index contributed by atoms with van der Waals surface area (Å²) >= 11 is 31.1. The van der Waals surface area contributed by atoms with E-state index >= 15 is 0 Å². The molecule has 0 saturated heterocycles. The zero-order chi connectivity index (χ0) is 31.3. The van der Waals surface area contributed by atoms with Crippen LogP contribution in [0.4, 0.5) is 0 Å². The van der Waals surface area contributed by atoms with Crippen LogP contribution in [0.25, 0.3) is 10.2 Å². The molecule has 42 heavy (non-hydrogen) atoms. The second-order valence-electron chi connectivity index (χ2n) is 8.81. The highest BCUT2D eigenvalue weighted by Gasteiger charge is 2.45. The minimum Gasteiger partial charge on any atom is -0.304 e. The molecule has 0 fully saturated rings. The smallest absolute Gasteiger partial charge is 0.125 e. The van der Waals surface area contributed by atoms with Gasteiger partial charge in [-0.2, -0.15) is 0 Å². The molecule has 0 N–H and O–H groups in total. The third-order valence-corrected chi connectivity index (χ3v) is 14.0. The maximum Gasteiger partial charge on any atom is 0.125 e. The first-order valence-electron chi connectivity index (χ1n) is 12.9. The Morgan fingerprint density at radius 3 is 1.88 bits per heavy atom. The van der Waals surface area contributed by atoms with Crippen molar-refractivity contribution in [2.45, 2.75) is 65.8 Å². The lowest BCUT2D eigenvalue weighted by Gasteiger charge is -2.31. The van der Waals surface area contributed by atoms with Gasteiger partial charge < -0.3 is 4.90 Å². The molecule has 0 radical (unpaired) electrons. The van der Waals surface area contributed by atoms with Gasteiger partial charge in [0.1, 0.15) is 17.7 Å². The maximum absolute atomic E-state index is 4.12. The topological polar surface area (TPSA) is 80.6 Å². The van der Waals surface area contributed by atoms with Gasteiger partial charge in [0.2, 0.25) is 0 Å². The fraction of sp³-hybridized carbons (Fsp3) is 0.583. The summed E-state index contributed by atoms with van der Waals surface area (Å²) in [5, 5.41) is 12.1. The largest absolute Gasteiger partial charge is 0.304 e. The lowest BCUT2D eigenvalue weighted by Crippen LogP contribution is -2.25. The van der Waals surface area contributed by atoms with Gasteiger partial charge in [-0.25, -0.2) is 0 Å². The normalized spacial score (nSPS) is 15.8. The van der Waals surface area contributed by atoms with Crippen molar-refractivity contribution < 1.29 is 0 Å². The molecule has 0 aliphatic heterocycles. The van der Waals surface area contributed by atoms with Crippen LogP contribution in [0, 0.1) is 0 Å². The summed E-state index contributed by atoms with van der Waals surface area (Å²) in [5.74, 6) is 0. The van der Waals surface area contributed by atoms with E-state index < -0.39 is 0 Å². The molecule has 18 heteroatoms. The van der Waals surface area contributed by atoms with E-state index in [4.69, 9.17) is 0 Å². The number of aromatic nitrogens is 6. The highest BCUT2D eigenvalue weighted by Crippen LogP contribution is 2.58. The fourth-order valence-corrected chi connectivity index (χ4v) is 9.43. The summed E-state index contributed by atoms with van der Waals surface area (Å²) in [4.78, 5) is 4.92. The SMILES string of the molecule is BrBr.BrC1(Br)CCC(Br)(Br)c2snnc21.Brc1ccc(Br)c2snnc12.C1CCc2snnc2C1.CCN(CC)CC. The molecule has 0 atom stereocenters. The minimum absolute atomic E-state index is 0.144. The first kappa shape index (κ1) is 40.1. The number of benzene rings is 1. The van der Waals surface area contributed by atoms with Gasteiger partial charge in [-0.05, 0) is 137 Å². The number of rotatable bonds is 3. The molecule has 0 unspecified atom stereocenters. The molecule has 0 amide bonds. The molecule has 6 rings (SSSR count). The summed E-state index contributed by atoms with van der Waals surface area (Å²) in [6.45, 7) is 10.1. The van der Waals surface area contributed by atoms with Crippen LogP contribution in [0.1, 0.15) is 67.6 Å². The quantitative estimate of drug-likeness (QED) is 0.189. The van der Waals surface area contributed by atoms with Gasteiger partial charge in [-0.15, -0.1) is 15.3 Å². The van der Waals surface area contributed by atoms with Gasteiger partial charge in [-0.1, -0.05) is 98.0 Å². The Bertz CT molecular complexity index is 1250. The van der Waals surface area contributed by atoms with E-state index in [-0.39, 0.29) is 6.47 Å². The minimum atomic E-state index is -0.201. The van der Waals surface area contributed by atoms with Crippen LogP contribution in [0.3, 0.4) is 0 Å². The monoisotopic (exact) mass is 1140 g/mol. The molecular weight excluding hydrogens is 1120 g/mol. The Morgan fingerprint density at radius 2 is 1.31 bits per heavy atom. The Labute approximate surface area is 325 Å². The van der Waals surface area contributed by atoms with E-state index in [0.717, 1.165) is 49.0 Å². The molecule has 2 aliphatic carbocycles. The van der Waals surface area contributed by atoms with E-state index in [0.29, 0.717) is 0 Å². The number of halogens is 8. The van der Waals surface area contributed by atoms with E-state index in [1.165, 1.54) is 72.5 Å².